The van der Waals surface area contributed by atoms with Crippen LogP contribution in [0.1, 0.15) is 102 Å². The number of hydrogen-bond acceptors (Lipinski definition) is 2. The van der Waals surface area contributed by atoms with Gasteiger partial charge in [0.05, 0.1) is 6.61 Å². The van der Waals surface area contributed by atoms with Crippen LogP contribution in [0.2, 0.25) is 0 Å². The van der Waals surface area contributed by atoms with Gasteiger partial charge in [0, 0.05) is 5.56 Å². The maximum Gasteiger partial charge on any atom is 0.233 e. The van der Waals surface area contributed by atoms with Crippen molar-refractivity contribution in [1.29, 1.82) is 0 Å². The van der Waals surface area contributed by atoms with Crippen LogP contribution in [0.4, 0.5) is 0 Å². The van der Waals surface area contributed by atoms with Crippen molar-refractivity contribution in [2.45, 2.75) is 96.8 Å². The van der Waals surface area contributed by atoms with Crippen LogP contribution in [0, 0.1) is 0 Å². The molecule has 0 aromatic heterocycles. The van der Waals surface area contributed by atoms with Gasteiger partial charge in [0.15, 0.2) is 0 Å². The Kier molecular flexibility index (Phi) is 14.1. The molecular formula is C23H37O2. The summed E-state index contributed by atoms with van der Waals surface area (Å²) >= 11 is 0. The average Bonchev–Trinajstić information content (AvgIpc) is 2.65. The van der Waals surface area contributed by atoms with E-state index in [1.807, 2.05) is 18.4 Å². The fourth-order valence-corrected chi connectivity index (χ4v) is 3.14. The standard InChI is InChI=1S/C23H37O2/c1-2-3-4-5-6-7-8-9-10-11-12-13-14-15-19-25-23-18-16-17-22(20-23)21-24/h16-18,20H,2-15,19H2,1H3. The zero-order valence-corrected chi connectivity index (χ0v) is 16.2. The number of hydrogen-bond donors (Lipinski definition) is 0. The zero-order chi connectivity index (χ0) is 18.0. The minimum atomic E-state index is 0.554. The van der Waals surface area contributed by atoms with Gasteiger partial charge in [0.2, 0.25) is 6.29 Å². The first kappa shape index (κ1) is 21.7. The Balaban J connectivity index is 1.81. The molecule has 0 aliphatic carbocycles. The summed E-state index contributed by atoms with van der Waals surface area (Å²) in [5, 5.41) is 0. The normalized spacial score (nSPS) is 10.8. The fourth-order valence-electron chi connectivity index (χ4n) is 3.14. The molecule has 2 nitrogen and oxygen atoms in total. The van der Waals surface area contributed by atoms with Gasteiger partial charge in [-0.1, -0.05) is 103 Å². The fraction of sp³-hybridized carbons (Fsp3) is 0.696. The summed E-state index contributed by atoms with van der Waals surface area (Å²) in [5.74, 6) is 0.774. The molecule has 0 spiro atoms. The Morgan fingerprint density at radius 3 is 1.80 bits per heavy atom. The monoisotopic (exact) mass is 345 g/mol. The smallest absolute Gasteiger partial charge is 0.233 e. The molecule has 0 unspecified atom stereocenters. The second-order valence-corrected chi connectivity index (χ2v) is 7.07. The lowest BCUT2D eigenvalue weighted by Gasteiger charge is -2.06. The third-order valence-corrected chi connectivity index (χ3v) is 4.72. The van der Waals surface area contributed by atoms with Gasteiger partial charge in [0.25, 0.3) is 0 Å². The Morgan fingerprint density at radius 2 is 1.28 bits per heavy atom. The minimum absolute atomic E-state index is 0.554. The highest BCUT2D eigenvalue weighted by Gasteiger charge is 1.97. The first-order valence-electron chi connectivity index (χ1n) is 10.5. The number of benzene rings is 1. The van der Waals surface area contributed by atoms with Crippen molar-refractivity contribution in [2.24, 2.45) is 0 Å². The molecule has 1 aromatic carbocycles. The first-order valence-corrected chi connectivity index (χ1v) is 10.5. The second-order valence-electron chi connectivity index (χ2n) is 7.07. The number of rotatable bonds is 17. The van der Waals surface area contributed by atoms with Crippen LogP contribution in [0.5, 0.6) is 5.75 Å². The molecule has 0 saturated heterocycles. The van der Waals surface area contributed by atoms with Gasteiger partial charge in [-0.05, 0) is 18.6 Å². The van der Waals surface area contributed by atoms with Crippen LogP contribution in [0.25, 0.3) is 0 Å². The summed E-state index contributed by atoms with van der Waals surface area (Å²) in [5.41, 5.74) is 0.554. The lowest BCUT2D eigenvalue weighted by atomic mass is 10.0. The molecule has 0 aliphatic heterocycles. The zero-order valence-electron chi connectivity index (χ0n) is 16.2. The predicted octanol–water partition coefficient (Wildman–Crippen LogP) is 7.00. The average molecular weight is 346 g/mol. The summed E-state index contributed by atoms with van der Waals surface area (Å²) in [6.45, 7) is 3.01. The Morgan fingerprint density at radius 1 is 0.760 bits per heavy atom. The molecule has 2 heteroatoms. The molecule has 25 heavy (non-hydrogen) atoms. The van der Waals surface area contributed by atoms with Crippen molar-refractivity contribution in [3.63, 3.8) is 0 Å². The third kappa shape index (κ3) is 12.7. The number of ether oxygens (including phenoxy) is 1. The minimum Gasteiger partial charge on any atom is -0.494 e. The van der Waals surface area contributed by atoms with E-state index >= 15 is 0 Å². The lowest BCUT2D eigenvalue weighted by molar-refractivity contribution is 0.304. The summed E-state index contributed by atoms with van der Waals surface area (Å²) in [6, 6.07) is 7.22. The van der Waals surface area contributed by atoms with E-state index < -0.39 is 0 Å². The first-order chi connectivity index (χ1) is 12.4. The largest absolute Gasteiger partial charge is 0.494 e. The van der Waals surface area contributed by atoms with Crippen LogP contribution in [0.3, 0.4) is 0 Å². The van der Waals surface area contributed by atoms with E-state index in [0.717, 1.165) is 18.8 Å². The molecule has 0 bridgehead atoms. The second kappa shape index (κ2) is 16.2. The highest BCUT2D eigenvalue weighted by Crippen LogP contribution is 2.14. The highest BCUT2D eigenvalue weighted by atomic mass is 16.5. The summed E-state index contributed by atoms with van der Waals surface area (Å²) < 4.78 is 5.68. The van der Waals surface area contributed by atoms with Gasteiger partial charge in [-0.15, -0.1) is 0 Å². The van der Waals surface area contributed by atoms with Crippen LogP contribution in [0.15, 0.2) is 24.3 Å². The highest BCUT2D eigenvalue weighted by molar-refractivity contribution is 5.75. The maximum atomic E-state index is 10.6. The molecule has 141 valence electrons. The van der Waals surface area contributed by atoms with E-state index in [2.05, 4.69) is 6.92 Å². The Hall–Kier alpha value is -1.31. The SMILES string of the molecule is CCCCCCCCCCCCCCCCOc1cccc([C]=O)c1. The molecule has 0 heterocycles. The van der Waals surface area contributed by atoms with E-state index in [4.69, 9.17) is 4.74 Å². The maximum absolute atomic E-state index is 10.6. The molecular weight excluding hydrogens is 308 g/mol. The molecule has 0 amide bonds. The summed E-state index contributed by atoms with van der Waals surface area (Å²) in [6.07, 6.45) is 21.0. The lowest BCUT2D eigenvalue weighted by Crippen LogP contribution is -1.97. The van der Waals surface area contributed by atoms with Gasteiger partial charge >= 0.3 is 0 Å². The van der Waals surface area contributed by atoms with Crippen molar-refractivity contribution < 1.29 is 9.53 Å². The Bertz CT molecular complexity index is 428. The van der Waals surface area contributed by atoms with Crippen molar-refractivity contribution in [1.82, 2.24) is 0 Å². The van der Waals surface area contributed by atoms with Crippen molar-refractivity contribution in [3.8, 4) is 5.75 Å². The molecule has 1 rings (SSSR count). The quantitative estimate of drug-likeness (QED) is 0.284. The molecule has 1 radical (unpaired) electrons. The van der Waals surface area contributed by atoms with Gasteiger partial charge in [-0.2, -0.15) is 0 Å². The van der Waals surface area contributed by atoms with E-state index in [1.165, 1.54) is 83.5 Å². The Labute approximate surface area is 155 Å². The van der Waals surface area contributed by atoms with Gasteiger partial charge in [0.1, 0.15) is 5.75 Å². The number of unbranched alkanes of at least 4 members (excludes halogenated alkanes) is 13. The molecule has 0 aliphatic rings. The predicted molar refractivity (Wildman–Crippen MR) is 107 cm³/mol. The summed E-state index contributed by atoms with van der Waals surface area (Å²) in [4.78, 5) is 10.6. The van der Waals surface area contributed by atoms with Crippen LogP contribution in [-0.4, -0.2) is 12.9 Å². The molecule has 0 atom stereocenters. The molecule has 0 N–H and O–H groups in total. The number of carbonyl (C=O) groups excluding carboxylic acids is 1. The van der Waals surface area contributed by atoms with Crippen molar-refractivity contribution in [3.05, 3.63) is 29.8 Å². The van der Waals surface area contributed by atoms with Crippen molar-refractivity contribution >= 4 is 6.29 Å². The van der Waals surface area contributed by atoms with E-state index in [9.17, 15) is 4.79 Å². The van der Waals surface area contributed by atoms with Gasteiger partial charge < -0.3 is 4.74 Å². The van der Waals surface area contributed by atoms with Crippen LogP contribution in [-0.2, 0) is 4.79 Å². The van der Waals surface area contributed by atoms with E-state index in [-0.39, 0.29) is 0 Å². The topological polar surface area (TPSA) is 26.3 Å². The summed E-state index contributed by atoms with van der Waals surface area (Å²) in [7, 11) is 0. The molecule has 0 saturated carbocycles. The van der Waals surface area contributed by atoms with E-state index in [0.29, 0.717) is 5.56 Å². The van der Waals surface area contributed by atoms with Crippen molar-refractivity contribution in [2.75, 3.05) is 6.61 Å². The molecule has 0 fully saturated rings. The van der Waals surface area contributed by atoms with Gasteiger partial charge in [-0.3, -0.25) is 4.79 Å². The third-order valence-electron chi connectivity index (χ3n) is 4.72. The van der Waals surface area contributed by atoms with Crippen LogP contribution < -0.4 is 4.74 Å². The van der Waals surface area contributed by atoms with E-state index in [1.54, 1.807) is 12.1 Å². The van der Waals surface area contributed by atoms with Crippen LogP contribution >= 0.6 is 0 Å². The molecule has 1 aromatic rings. The van der Waals surface area contributed by atoms with Gasteiger partial charge in [-0.25, -0.2) is 0 Å².